The lowest BCUT2D eigenvalue weighted by atomic mass is 10.1. The van der Waals surface area contributed by atoms with Crippen molar-refractivity contribution < 1.29 is 4.79 Å². The number of Topliss-reactive ketones (excluding diaryl/α,β-unsaturated/α-hetero) is 1. The van der Waals surface area contributed by atoms with Crippen molar-refractivity contribution in [1.82, 2.24) is 4.90 Å². The summed E-state index contributed by atoms with van der Waals surface area (Å²) in [4.78, 5) is 12.6. The van der Waals surface area contributed by atoms with Crippen molar-refractivity contribution in [3.63, 3.8) is 0 Å². The van der Waals surface area contributed by atoms with Crippen LogP contribution in [0.25, 0.3) is 0 Å². The molecule has 9 heavy (non-hydrogen) atoms. The Morgan fingerprint density at radius 1 is 1.89 bits per heavy atom. The molecule has 1 heterocycles. The average molecular weight is 124 g/mol. The van der Waals surface area contributed by atoms with Crippen LogP contribution < -0.4 is 0 Å². The Morgan fingerprint density at radius 3 is 2.78 bits per heavy atom. The van der Waals surface area contributed by atoms with E-state index in [2.05, 4.69) is 0 Å². The van der Waals surface area contributed by atoms with Gasteiger partial charge in [-0.15, -0.1) is 0 Å². The highest BCUT2D eigenvalue weighted by Gasteiger charge is 2.27. The third-order valence-corrected chi connectivity index (χ3v) is 1.46. The predicted molar refractivity (Wildman–Crippen MR) is 31.6 cm³/mol. The van der Waals surface area contributed by atoms with Gasteiger partial charge >= 0.3 is 0 Å². The van der Waals surface area contributed by atoms with Crippen LogP contribution in [0.3, 0.4) is 0 Å². The van der Waals surface area contributed by atoms with E-state index in [0.29, 0.717) is 13.1 Å². The molecular formula is C6H8N2O. The van der Waals surface area contributed by atoms with Gasteiger partial charge in [0, 0.05) is 6.54 Å². The van der Waals surface area contributed by atoms with Crippen LogP contribution in [0.15, 0.2) is 0 Å². The highest BCUT2D eigenvalue weighted by molar-refractivity contribution is 5.87. The quantitative estimate of drug-likeness (QED) is 0.443. The molecule has 0 amide bonds. The van der Waals surface area contributed by atoms with Gasteiger partial charge < -0.3 is 0 Å². The van der Waals surface area contributed by atoms with Crippen LogP contribution in [0.1, 0.15) is 0 Å². The molecule has 1 atom stereocenters. The molecule has 0 aromatic rings. The fourth-order valence-electron chi connectivity index (χ4n) is 0.967. The molecule has 3 nitrogen and oxygen atoms in total. The summed E-state index contributed by atoms with van der Waals surface area (Å²) in [5.74, 6) is -0.310. The molecule has 0 radical (unpaired) electrons. The number of likely N-dealkylation sites (N-methyl/N-ethyl adjacent to an activating group) is 1. The van der Waals surface area contributed by atoms with Crippen molar-refractivity contribution in [2.24, 2.45) is 5.92 Å². The molecule has 1 aliphatic rings. The van der Waals surface area contributed by atoms with Gasteiger partial charge in [-0.25, -0.2) is 0 Å². The zero-order valence-electron chi connectivity index (χ0n) is 5.29. The number of likely N-dealkylation sites (tertiary alicyclic amines) is 1. The van der Waals surface area contributed by atoms with Crippen molar-refractivity contribution in [2.45, 2.75) is 0 Å². The van der Waals surface area contributed by atoms with Crippen LogP contribution in [0, 0.1) is 17.2 Å². The SMILES string of the molecule is CN1CC(=O)[C@H](C#N)C1. The fraction of sp³-hybridized carbons (Fsp3) is 0.667. The number of carbonyl (C=O) groups is 1. The van der Waals surface area contributed by atoms with E-state index in [0.717, 1.165) is 0 Å². The first kappa shape index (κ1) is 6.24. The minimum Gasteiger partial charge on any atom is -0.297 e. The van der Waals surface area contributed by atoms with E-state index in [4.69, 9.17) is 5.26 Å². The normalized spacial score (nSPS) is 28.4. The van der Waals surface area contributed by atoms with Gasteiger partial charge in [-0.1, -0.05) is 0 Å². The minimum atomic E-state index is -0.366. The van der Waals surface area contributed by atoms with Crippen LogP contribution in [0.5, 0.6) is 0 Å². The number of hydrogen-bond donors (Lipinski definition) is 0. The van der Waals surface area contributed by atoms with E-state index in [1.54, 1.807) is 0 Å². The summed E-state index contributed by atoms with van der Waals surface area (Å²) in [5.41, 5.74) is 0. The second kappa shape index (κ2) is 2.16. The van der Waals surface area contributed by atoms with Crippen molar-refractivity contribution in [3.8, 4) is 6.07 Å². The maximum Gasteiger partial charge on any atom is 0.165 e. The number of carbonyl (C=O) groups excluding carboxylic acids is 1. The molecule has 3 heteroatoms. The van der Waals surface area contributed by atoms with Gasteiger partial charge in [0.15, 0.2) is 5.78 Å². The summed E-state index contributed by atoms with van der Waals surface area (Å²) in [5, 5.41) is 8.36. The van der Waals surface area contributed by atoms with Gasteiger partial charge in [-0.3, -0.25) is 9.69 Å². The predicted octanol–water partition coefficient (Wildman–Crippen LogP) is -0.359. The van der Waals surface area contributed by atoms with Crippen LogP contribution in [-0.2, 0) is 4.79 Å². The van der Waals surface area contributed by atoms with Crippen LogP contribution >= 0.6 is 0 Å². The Morgan fingerprint density at radius 2 is 2.56 bits per heavy atom. The molecule has 0 aliphatic carbocycles. The van der Waals surface area contributed by atoms with Crippen molar-refractivity contribution >= 4 is 5.78 Å². The van der Waals surface area contributed by atoms with Crippen LogP contribution in [-0.4, -0.2) is 30.8 Å². The van der Waals surface area contributed by atoms with Gasteiger partial charge in [0.25, 0.3) is 0 Å². The number of nitrogens with zero attached hydrogens (tertiary/aromatic N) is 2. The average Bonchev–Trinajstić information content (AvgIpc) is 2.10. The number of rotatable bonds is 0. The molecule has 0 spiro atoms. The Hall–Kier alpha value is -0.880. The molecule has 1 fully saturated rings. The topological polar surface area (TPSA) is 44.1 Å². The molecule has 1 saturated heterocycles. The summed E-state index contributed by atoms with van der Waals surface area (Å²) in [6.07, 6.45) is 0. The third-order valence-electron chi connectivity index (χ3n) is 1.46. The zero-order valence-corrected chi connectivity index (χ0v) is 5.29. The number of hydrogen-bond acceptors (Lipinski definition) is 3. The molecule has 0 unspecified atom stereocenters. The van der Waals surface area contributed by atoms with E-state index in [-0.39, 0.29) is 11.7 Å². The van der Waals surface area contributed by atoms with Crippen LogP contribution in [0.2, 0.25) is 0 Å². The first-order valence-electron chi connectivity index (χ1n) is 2.85. The van der Waals surface area contributed by atoms with E-state index < -0.39 is 0 Å². The zero-order chi connectivity index (χ0) is 6.85. The highest BCUT2D eigenvalue weighted by atomic mass is 16.1. The van der Waals surface area contributed by atoms with Gasteiger partial charge in [-0.05, 0) is 7.05 Å². The summed E-state index contributed by atoms with van der Waals surface area (Å²) in [6.45, 7) is 1.05. The summed E-state index contributed by atoms with van der Waals surface area (Å²) in [6, 6.07) is 1.95. The third kappa shape index (κ3) is 1.08. The maximum absolute atomic E-state index is 10.8. The van der Waals surface area contributed by atoms with Gasteiger partial charge in [0.1, 0.15) is 5.92 Å². The van der Waals surface area contributed by atoms with Gasteiger partial charge in [0.2, 0.25) is 0 Å². The molecule has 1 aliphatic heterocycles. The fourth-order valence-corrected chi connectivity index (χ4v) is 0.967. The second-order valence-corrected chi connectivity index (χ2v) is 2.34. The molecule has 0 bridgehead atoms. The first-order valence-corrected chi connectivity index (χ1v) is 2.85. The monoisotopic (exact) mass is 124 g/mol. The standard InChI is InChI=1S/C6H8N2O/c1-8-3-5(2-7)6(9)4-8/h5H,3-4H2,1H3/t5-/m1/s1. The number of ketones is 1. The summed E-state index contributed by atoms with van der Waals surface area (Å²) < 4.78 is 0. The lowest BCUT2D eigenvalue weighted by molar-refractivity contribution is -0.118. The van der Waals surface area contributed by atoms with Gasteiger partial charge in [-0.2, -0.15) is 5.26 Å². The number of nitriles is 1. The second-order valence-electron chi connectivity index (χ2n) is 2.34. The highest BCUT2D eigenvalue weighted by Crippen LogP contribution is 2.08. The van der Waals surface area contributed by atoms with E-state index >= 15 is 0 Å². The molecule has 0 aromatic carbocycles. The maximum atomic E-state index is 10.8. The molecule has 0 saturated carbocycles. The lowest BCUT2D eigenvalue weighted by Crippen LogP contribution is -2.13. The first-order chi connectivity index (χ1) is 4.24. The Balaban J connectivity index is 2.61. The molecular weight excluding hydrogens is 116 g/mol. The smallest absolute Gasteiger partial charge is 0.165 e. The van der Waals surface area contributed by atoms with E-state index in [9.17, 15) is 4.79 Å². The van der Waals surface area contributed by atoms with Crippen LogP contribution in [0.4, 0.5) is 0 Å². The molecule has 0 N–H and O–H groups in total. The van der Waals surface area contributed by atoms with E-state index in [1.165, 1.54) is 0 Å². The molecule has 48 valence electrons. The lowest BCUT2D eigenvalue weighted by Gasteiger charge is -2.00. The Labute approximate surface area is 53.9 Å². The van der Waals surface area contributed by atoms with Crippen molar-refractivity contribution in [2.75, 3.05) is 20.1 Å². The molecule has 1 rings (SSSR count). The minimum absolute atomic E-state index is 0.0556. The van der Waals surface area contributed by atoms with Crippen molar-refractivity contribution in [1.29, 1.82) is 5.26 Å². The molecule has 0 aromatic heterocycles. The Bertz CT molecular complexity index is 170. The Kier molecular flexibility index (Phi) is 1.50. The van der Waals surface area contributed by atoms with Crippen molar-refractivity contribution in [3.05, 3.63) is 0 Å². The summed E-state index contributed by atoms with van der Waals surface area (Å²) >= 11 is 0. The van der Waals surface area contributed by atoms with Gasteiger partial charge in [0.05, 0.1) is 12.6 Å². The van der Waals surface area contributed by atoms with E-state index in [1.807, 2.05) is 18.0 Å². The largest absolute Gasteiger partial charge is 0.297 e. The summed E-state index contributed by atoms with van der Waals surface area (Å²) in [7, 11) is 1.84.